The van der Waals surface area contributed by atoms with Gasteiger partial charge in [0.05, 0.1) is 5.52 Å². The molecule has 2 N–H and O–H groups in total. The minimum Gasteiger partial charge on any atom is -0.323 e. The summed E-state index contributed by atoms with van der Waals surface area (Å²) in [5.74, 6) is 0. The van der Waals surface area contributed by atoms with Crippen molar-refractivity contribution in [2.24, 2.45) is 5.73 Å². The number of nitrogens with two attached hydrogens (primary N) is 1. The zero-order chi connectivity index (χ0) is 14.2. The van der Waals surface area contributed by atoms with Crippen molar-refractivity contribution in [1.29, 1.82) is 0 Å². The minimum atomic E-state index is 0.0694. The molecular weight excluding hydrogens is 278 g/mol. The van der Waals surface area contributed by atoms with Gasteiger partial charge in [-0.1, -0.05) is 54.2 Å². The first-order valence-electron chi connectivity index (χ1n) is 7.03. The van der Waals surface area contributed by atoms with Crippen LogP contribution in [-0.4, -0.2) is 15.2 Å². The summed E-state index contributed by atoms with van der Waals surface area (Å²) in [6.07, 6.45) is 2.64. The average Bonchev–Trinajstić information content (AvgIpc) is 2.85. The fraction of sp³-hybridized carbons (Fsp3) is 0.176. The molecule has 0 amide bonds. The van der Waals surface area contributed by atoms with E-state index in [0.29, 0.717) is 5.25 Å². The van der Waals surface area contributed by atoms with E-state index in [1.807, 2.05) is 18.2 Å². The Bertz CT molecular complexity index is 797. The Hall–Kier alpha value is -1.91. The molecule has 2 unspecified atom stereocenters. The molecular formula is C17H15N3S. The number of fused-ring (bicyclic) bond motifs is 2. The average molecular weight is 293 g/mol. The summed E-state index contributed by atoms with van der Waals surface area (Å²) in [7, 11) is 0. The Morgan fingerprint density at radius 1 is 1.00 bits per heavy atom. The molecule has 1 heterocycles. The summed E-state index contributed by atoms with van der Waals surface area (Å²) >= 11 is 1.77. The van der Waals surface area contributed by atoms with Crippen molar-refractivity contribution in [2.75, 3.05) is 0 Å². The van der Waals surface area contributed by atoms with Gasteiger partial charge in [-0.3, -0.25) is 0 Å². The van der Waals surface area contributed by atoms with Gasteiger partial charge in [-0.05, 0) is 23.6 Å². The van der Waals surface area contributed by atoms with Crippen LogP contribution in [0.3, 0.4) is 0 Å². The molecule has 0 aliphatic heterocycles. The zero-order valence-electron chi connectivity index (χ0n) is 11.4. The first kappa shape index (κ1) is 12.8. The molecule has 2 aromatic carbocycles. The monoisotopic (exact) mass is 293 g/mol. The van der Waals surface area contributed by atoms with Crippen molar-refractivity contribution in [3.63, 3.8) is 0 Å². The summed E-state index contributed by atoms with van der Waals surface area (Å²) in [4.78, 5) is 8.78. The lowest BCUT2D eigenvalue weighted by molar-refractivity contribution is 0.730. The molecule has 0 fully saturated rings. The van der Waals surface area contributed by atoms with E-state index in [4.69, 9.17) is 5.73 Å². The highest BCUT2D eigenvalue weighted by Gasteiger charge is 2.30. The van der Waals surface area contributed by atoms with Crippen LogP contribution in [0.2, 0.25) is 0 Å². The van der Waals surface area contributed by atoms with Crippen LogP contribution in [0.5, 0.6) is 0 Å². The highest BCUT2D eigenvalue weighted by molar-refractivity contribution is 8.00. The predicted molar refractivity (Wildman–Crippen MR) is 86.3 cm³/mol. The summed E-state index contributed by atoms with van der Waals surface area (Å²) < 4.78 is 0. The molecule has 0 saturated carbocycles. The summed E-state index contributed by atoms with van der Waals surface area (Å²) in [6.45, 7) is 0. The maximum Gasteiger partial charge on any atom is 0.117 e. The molecule has 1 aliphatic rings. The van der Waals surface area contributed by atoms with Crippen molar-refractivity contribution < 1.29 is 0 Å². The van der Waals surface area contributed by atoms with Crippen molar-refractivity contribution in [3.05, 3.63) is 66.0 Å². The first-order valence-corrected chi connectivity index (χ1v) is 7.90. The molecule has 4 heteroatoms. The van der Waals surface area contributed by atoms with Crippen molar-refractivity contribution >= 4 is 22.7 Å². The summed E-state index contributed by atoms with van der Waals surface area (Å²) in [6, 6.07) is 16.6. The molecule has 104 valence electrons. The third-order valence-electron chi connectivity index (χ3n) is 4.01. The van der Waals surface area contributed by atoms with E-state index in [-0.39, 0.29) is 6.04 Å². The van der Waals surface area contributed by atoms with Crippen LogP contribution < -0.4 is 5.73 Å². The second-order valence-corrected chi connectivity index (χ2v) is 6.51. The lowest BCUT2D eigenvalue weighted by atomic mass is 10.1. The SMILES string of the molecule is NC1c2ccccc2CC1Sc1ncnc2ccccc12. The lowest BCUT2D eigenvalue weighted by Crippen LogP contribution is -2.19. The second-order valence-electron chi connectivity index (χ2n) is 5.28. The summed E-state index contributed by atoms with van der Waals surface area (Å²) in [5.41, 5.74) is 10.0. The van der Waals surface area contributed by atoms with E-state index < -0.39 is 0 Å². The van der Waals surface area contributed by atoms with Gasteiger partial charge in [0.1, 0.15) is 11.4 Å². The van der Waals surface area contributed by atoms with Gasteiger partial charge in [0.15, 0.2) is 0 Å². The molecule has 3 nitrogen and oxygen atoms in total. The molecule has 4 rings (SSSR count). The van der Waals surface area contributed by atoms with Gasteiger partial charge < -0.3 is 5.73 Å². The molecule has 0 spiro atoms. The van der Waals surface area contributed by atoms with E-state index >= 15 is 0 Å². The zero-order valence-corrected chi connectivity index (χ0v) is 12.3. The Morgan fingerprint density at radius 2 is 1.81 bits per heavy atom. The molecule has 3 aromatic rings. The van der Waals surface area contributed by atoms with E-state index in [2.05, 4.69) is 40.3 Å². The van der Waals surface area contributed by atoms with Crippen LogP contribution in [0.25, 0.3) is 10.9 Å². The largest absolute Gasteiger partial charge is 0.323 e. The van der Waals surface area contributed by atoms with E-state index in [0.717, 1.165) is 22.3 Å². The highest BCUT2D eigenvalue weighted by atomic mass is 32.2. The van der Waals surface area contributed by atoms with E-state index in [1.165, 1.54) is 11.1 Å². The van der Waals surface area contributed by atoms with Crippen LogP contribution in [-0.2, 0) is 6.42 Å². The Balaban J connectivity index is 1.68. The molecule has 2 atom stereocenters. The van der Waals surface area contributed by atoms with Crippen molar-refractivity contribution in [3.8, 4) is 0 Å². The Kier molecular flexibility index (Phi) is 3.13. The molecule has 21 heavy (non-hydrogen) atoms. The van der Waals surface area contributed by atoms with Crippen molar-refractivity contribution in [2.45, 2.75) is 22.7 Å². The number of thioether (sulfide) groups is 1. The fourth-order valence-corrected chi connectivity index (χ4v) is 4.17. The maximum absolute atomic E-state index is 6.42. The van der Waals surface area contributed by atoms with Gasteiger partial charge in [-0.2, -0.15) is 0 Å². The normalized spacial score (nSPS) is 20.6. The maximum atomic E-state index is 6.42. The fourth-order valence-electron chi connectivity index (χ4n) is 2.92. The van der Waals surface area contributed by atoms with Gasteiger partial charge >= 0.3 is 0 Å². The van der Waals surface area contributed by atoms with Crippen LogP contribution in [0, 0.1) is 0 Å². The van der Waals surface area contributed by atoms with Crippen LogP contribution in [0.15, 0.2) is 59.9 Å². The Morgan fingerprint density at radius 3 is 2.71 bits per heavy atom. The quantitative estimate of drug-likeness (QED) is 0.736. The van der Waals surface area contributed by atoms with E-state index in [1.54, 1.807) is 18.1 Å². The molecule has 1 aromatic heterocycles. The molecule has 0 radical (unpaired) electrons. The molecule has 0 saturated heterocycles. The van der Waals surface area contributed by atoms with Gasteiger partial charge in [-0.15, -0.1) is 0 Å². The van der Waals surface area contributed by atoms with Gasteiger partial charge in [0.25, 0.3) is 0 Å². The van der Waals surface area contributed by atoms with E-state index in [9.17, 15) is 0 Å². The van der Waals surface area contributed by atoms with Crippen molar-refractivity contribution in [1.82, 2.24) is 9.97 Å². The number of para-hydroxylation sites is 1. The van der Waals surface area contributed by atoms with Gasteiger partial charge in [-0.25, -0.2) is 9.97 Å². The van der Waals surface area contributed by atoms with Crippen LogP contribution in [0.4, 0.5) is 0 Å². The lowest BCUT2D eigenvalue weighted by Gasteiger charge is -2.15. The number of hydrogen-bond donors (Lipinski definition) is 1. The smallest absolute Gasteiger partial charge is 0.117 e. The number of nitrogens with zero attached hydrogens (tertiary/aromatic N) is 2. The van der Waals surface area contributed by atoms with Gasteiger partial charge in [0.2, 0.25) is 0 Å². The number of benzene rings is 2. The summed E-state index contributed by atoms with van der Waals surface area (Å²) in [5, 5.41) is 2.46. The third kappa shape index (κ3) is 2.20. The second kappa shape index (κ2) is 5.13. The van der Waals surface area contributed by atoms with Crippen LogP contribution >= 0.6 is 11.8 Å². The van der Waals surface area contributed by atoms with Crippen LogP contribution in [0.1, 0.15) is 17.2 Å². The molecule has 1 aliphatic carbocycles. The third-order valence-corrected chi connectivity index (χ3v) is 5.32. The predicted octanol–water partition coefficient (Wildman–Crippen LogP) is 3.35. The standard InChI is InChI=1S/C17H15N3S/c18-16-12-6-2-1-5-11(12)9-15(16)21-17-13-7-3-4-8-14(13)19-10-20-17/h1-8,10,15-16H,9,18H2. The number of hydrogen-bond acceptors (Lipinski definition) is 4. The highest BCUT2D eigenvalue weighted by Crippen LogP contribution is 2.40. The number of aromatic nitrogens is 2. The van der Waals surface area contributed by atoms with Gasteiger partial charge in [0, 0.05) is 16.7 Å². The minimum absolute atomic E-state index is 0.0694. The first-order chi connectivity index (χ1) is 10.3. The molecule has 0 bridgehead atoms. The Labute approximate surface area is 127 Å². The number of rotatable bonds is 2. The topological polar surface area (TPSA) is 51.8 Å².